The minimum absolute atomic E-state index is 0.0265. The van der Waals surface area contributed by atoms with Crippen molar-refractivity contribution >= 4 is 23.4 Å². The van der Waals surface area contributed by atoms with Crippen LogP contribution in [0.4, 0.5) is 5.69 Å². The Kier molecular flexibility index (Phi) is 4.33. The number of carbonyl (C=O) groups is 3. The summed E-state index contributed by atoms with van der Waals surface area (Å²) < 4.78 is 0. The lowest BCUT2D eigenvalue weighted by Crippen LogP contribution is -2.29. The average Bonchev–Trinajstić information content (AvgIpc) is 2.93. The number of phenolic OH excluding ortho intramolecular Hbond substituents is 1. The van der Waals surface area contributed by atoms with Gasteiger partial charge in [-0.3, -0.25) is 24.3 Å². The van der Waals surface area contributed by atoms with Crippen molar-refractivity contribution in [1.82, 2.24) is 9.88 Å². The number of hydrogen-bond donors (Lipinski definition) is 2. The Morgan fingerprint density at radius 1 is 1.00 bits per heavy atom. The van der Waals surface area contributed by atoms with Crippen LogP contribution < -0.4 is 5.32 Å². The third-order valence-electron chi connectivity index (χ3n) is 4.40. The van der Waals surface area contributed by atoms with Gasteiger partial charge in [0.2, 0.25) is 0 Å². The Morgan fingerprint density at radius 3 is 2.57 bits per heavy atom. The second kappa shape index (κ2) is 6.96. The fourth-order valence-electron chi connectivity index (χ4n) is 3.04. The summed E-state index contributed by atoms with van der Waals surface area (Å²) in [5, 5.41) is 12.1. The van der Waals surface area contributed by atoms with Crippen LogP contribution in [0.2, 0.25) is 0 Å². The van der Waals surface area contributed by atoms with E-state index in [-0.39, 0.29) is 29.0 Å². The molecule has 0 spiro atoms. The van der Waals surface area contributed by atoms with Gasteiger partial charge < -0.3 is 10.4 Å². The van der Waals surface area contributed by atoms with Crippen LogP contribution in [-0.2, 0) is 6.54 Å². The van der Waals surface area contributed by atoms with Gasteiger partial charge in [-0.25, -0.2) is 0 Å². The number of imide groups is 1. The van der Waals surface area contributed by atoms with Crippen LogP contribution in [0.15, 0.2) is 67.0 Å². The highest BCUT2D eigenvalue weighted by molar-refractivity contribution is 6.22. The largest absolute Gasteiger partial charge is 0.508 e. The van der Waals surface area contributed by atoms with Gasteiger partial charge in [-0.05, 0) is 42.0 Å². The van der Waals surface area contributed by atoms with Crippen molar-refractivity contribution < 1.29 is 19.5 Å². The van der Waals surface area contributed by atoms with Crippen LogP contribution >= 0.6 is 0 Å². The summed E-state index contributed by atoms with van der Waals surface area (Å²) in [6, 6.07) is 14.0. The Bertz CT molecular complexity index is 1100. The summed E-state index contributed by atoms with van der Waals surface area (Å²) in [6.45, 7) is 0.116. The monoisotopic (exact) mass is 373 g/mol. The van der Waals surface area contributed by atoms with Crippen molar-refractivity contribution in [3.8, 4) is 5.75 Å². The number of carbonyl (C=O) groups excluding carboxylic acids is 3. The second-order valence-electron chi connectivity index (χ2n) is 6.32. The Labute approximate surface area is 160 Å². The average molecular weight is 373 g/mol. The van der Waals surface area contributed by atoms with Crippen LogP contribution in [0.5, 0.6) is 5.75 Å². The lowest BCUT2D eigenvalue weighted by Gasteiger charge is -2.13. The van der Waals surface area contributed by atoms with E-state index >= 15 is 0 Å². The molecule has 2 aromatic carbocycles. The molecule has 3 amide bonds. The second-order valence-corrected chi connectivity index (χ2v) is 6.32. The van der Waals surface area contributed by atoms with Gasteiger partial charge in [0.05, 0.1) is 17.7 Å². The van der Waals surface area contributed by atoms with E-state index in [0.717, 1.165) is 10.5 Å². The van der Waals surface area contributed by atoms with Gasteiger partial charge in [-0.2, -0.15) is 0 Å². The third kappa shape index (κ3) is 3.21. The van der Waals surface area contributed by atoms with Crippen molar-refractivity contribution in [3.63, 3.8) is 0 Å². The summed E-state index contributed by atoms with van der Waals surface area (Å²) in [6.07, 6.45) is 3.21. The maximum absolute atomic E-state index is 12.7. The SMILES string of the molecule is O=C(Nc1cccc(O)c1)c1ccc2c(c1)C(=O)N(Cc1cccnc1)C2=O. The number of aromatic nitrogens is 1. The predicted octanol–water partition coefficient (Wildman–Crippen LogP) is 2.84. The Hall–Kier alpha value is -4.00. The lowest BCUT2D eigenvalue weighted by atomic mass is 10.1. The van der Waals surface area contributed by atoms with E-state index in [2.05, 4.69) is 10.3 Å². The maximum Gasteiger partial charge on any atom is 0.261 e. The standard InChI is InChI=1S/C21H15N3O4/c25-16-5-1-4-15(10-16)23-19(26)14-6-7-17-18(9-14)21(28)24(20(17)27)12-13-3-2-8-22-11-13/h1-11,25H,12H2,(H,23,26). The molecule has 0 fully saturated rings. The Morgan fingerprint density at radius 2 is 1.82 bits per heavy atom. The van der Waals surface area contributed by atoms with E-state index in [9.17, 15) is 19.5 Å². The van der Waals surface area contributed by atoms with Crippen LogP contribution in [0, 0.1) is 0 Å². The number of benzene rings is 2. The highest BCUT2D eigenvalue weighted by Crippen LogP contribution is 2.26. The number of anilines is 1. The van der Waals surface area contributed by atoms with Crippen molar-refractivity contribution in [3.05, 3.63) is 89.2 Å². The van der Waals surface area contributed by atoms with E-state index in [1.165, 1.54) is 30.3 Å². The molecule has 2 heterocycles. The Balaban J connectivity index is 1.57. The minimum Gasteiger partial charge on any atom is -0.508 e. The first-order chi connectivity index (χ1) is 13.5. The van der Waals surface area contributed by atoms with Gasteiger partial charge in [-0.15, -0.1) is 0 Å². The number of phenols is 1. The molecule has 4 rings (SSSR count). The first kappa shape index (κ1) is 17.4. The van der Waals surface area contributed by atoms with E-state index in [1.807, 2.05) is 0 Å². The smallest absolute Gasteiger partial charge is 0.261 e. The lowest BCUT2D eigenvalue weighted by molar-refractivity contribution is 0.0642. The summed E-state index contributed by atoms with van der Waals surface area (Å²) in [5.41, 5.74) is 1.86. The first-order valence-electron chi connectivity index (χ1n) is 8.52. The van der Waals surface area contributed by atoms with Crippen LogP contribution in [0.25, 0.3) is 0 Å². The quantitative estimate of drug-likeness (QED) is 0.685. The molecule has 0 saturated heterocycles. The van der Waals surface area contributed by atoms with Crippen molar-refractivity contribution in [2.45, 2.75) is 6.54 Å². The molecule has 1 aromatic heterocycles. The number of hydrogen-bond acceptors (Lipinski definition) is 5. The number of nitrogens with one attached hydrogen (secondary N) is 1. The highest BCUT2D eigenvalue weighted by Gasteiger charge is 2.36. The molecule has 2 N–H and O–H groups in total. The molecular weight excluding hydrogens is 358 g/mol. The van der Waals surface area contributed by atoms with Crippen LogP contribution in [0.1, 0.15) is 36.6 Å². The number of pyridine rings is 1. The van der Waals surface area contributed by atoms with E-state index in [0.29, 0.717) is 5.69 Å². The molecule has 0 aliphatic carbocycles. The van der Waals surface area contributed by atoms with Gasteiger partial charge in [0.1, 0.15) is 5.75 Å². The zero-order valence-corrected chi connectivity index (χ0v) is 14.6. The highest BCUT2D eigenvalue weighted by atomic mass is 16.3. The van der Waals surface area contributed by atoms with Crippen molar-refractivity contribution in [2.75, 3.05) is 5.32 Å². The van der Waals surface area contributed by atoms with Gasteiger partial charge in [0.25, 0.3) is 17.7 Å². The topological polar surface area (TPSA) is 99.6 Å². The molecule has 0 bridgehead atoms. The van der Waals surface area contributed by atoms with Gasteiger partial charge >= 0.3 is 0 Å². The zero-order chi connectivity index (χ0) is 19.7. The van der Waals surface area contributed by atoms with Crippen molar-refractivity contribution in [1.29, 1.82) is 0 Å². The molecule has 0 atom stereocenters. The molecule has 0 saturated carbocycles. The fraction of sp³-hybridized carbons (Fsp3) is 0.0476. The maximum atomic E-state index is 12.7. The number of fused-ring (bicyclic) bond motifs is 1. The van der Waals surface area contributed by atoms with E-state index in [1.54, 1.807) is 36.7 Å². The molecule has 0 radical (unpaired) electrons. The number of rotatable bonds is 4. The normalized spacial score (nSPS) is 12.8. The minimum atomic E-state index is -0.448. The number of amides is 3. The molecule has 3 aromatic rings. The first-order valence-corrected chi connectivity index (χ1v) is 8.52. The van der Waals surface area contributed by atoms with Gasteiger partial charge in [0.15, 0.2) is 0 Å². The molecule has 138 valence electrons. The van der Waals surface area contributed by atoms with Crippen LogP contribution in [-0.4, -0.2) is 32.7 Å². The van der Waals surface area contributed by atoms with E-state index in [4.69, 9.17) is 0 Å². The van der Waals surface area contributed by atoms with E-state index < -0.39 is 17.7 Å². The fourth-order valence-corrected chi connectivity index (χ4v) is 3.04. The molecule has 28 heavy (non-hydrogen) atoms. The molecule has 0 unspecified atom stereocenters. The van der Waals surface area contributed by atoms with Gasteiger partial charge in [0, 0.05) is 29.7 Å². The summed E-state index contributed by atoms with van der Waals surface area (Å²) >= 11 is 0. The molecule has 1 aliphatic rings. The van der Waals surface area contributed by atoms with Crippen molar-refractivity contribution in [2.24, 2.45) is 0 Å². The molecule has 7 heteroatoms. The molecular formula is C21H15N3O4. The summed E-state index contributed by atoms with van der Waals surface area (Å²) in [5.74, 6) is -1.27. The summed E-state index contributed by atoms with van der Waals surface area (Å²) in [4.78, 5) is 42.9. The number of nitrogens with zero attached hydrogens (tertiary/aromatic N) is 2. The molecule has 1 aliphatic heterocycles. The van der Waals surface area contributed by atoms with Crippen LogP contribution in [0.3, 0.4) is 0 Å². The summed E-state index contributed by atoms with van der Waals surface area (Å²) in [7, 11) is 0. The molecule has 7 nitrogen and oxygen atoms in total. The third-order valence-corrected chi connectivity index (χ3v) is 4.40. The zero-order valence-electron chi connectivity index (χ0n) is 14.6. The van der Waals surface area contributed by atoms with Gasteiger partial charge in [-0.1, -0.05) is 12.1 Å². The number of aromatic hydroxyl groups is 1. The predicted molar refractivity (Wildman–Crippen MR) is 101 cm³/mol.